The van der Waals surface area contributed by atoms with E-state index in [1.165, 1.54) is 0 Å². The van der Waals surface area contributed by atoms with Crippen LogP contribution in [0.4, 0.5) is 0 Å². The third-order valence-corrected chi connectivity index (χ3v) is 2.75. The summed E-state index contributed by atoms with van der Waals surface area (Å²) in [6.07, 6.45) is 0. The smallest absolute Gasteiger partial charge is 0.246 e. The van der Waals surface area contributed by atoms with Gasteiger partial charge in [0.1, 0.15) is 5.75 Å². The van der Waals surface area contributed by atoms with E-state index >= 15 is 0 Å². The van der Waals surface area contributed by atoms with Crippen molar-refractivity contribution in [1.82, 2.24) is 0 Å². The lowest BCUT2D eigenvalue weighted by Crippen LogP contribution is -1.87. The van der Waals surface area contributed by atoms with Gasteiger partial charge in [0.15, 0.2) is 0 Å². The minimum Gasteiger partial charge on any atom is -0.497 e. The third kappa shape index (κ3) is 1.85. The highest BCUT2D eigenvalue weighted by molar-refractivity contribution is 5.84. The second-order valence-electron chi connectivity index (χ2n) is 3.78. The Bertz CT molecular complexity index is 554. The molecule has 0 aliphatic heterocycles. The first-order valence-electron chi connectivity index (χ1n) is 5.19. The molecule has 2 nitrogen and oxygen atoms in total. The lowest BCUT2D eigenvalue weighted by Gasteiger charge is -2.05. The van der Waals surface area contributed by atoms with E-state index in [0.29, 0.717) is 0 Å². The number of methoxy groups -OCH3 is 1. The normalized spacial score (nSPS) is 12.1. The summed E-state index contributed by atoms with van der Waals surface area (Å²) in [5.74, 6) is 0.860. The van der Waals surface area contributed by atoms with E-state index in [1.807, 2.05) is 37.3 Å². The molecule has 2 rings (SSSR count). The predicted molar refractivity (Wildman–Crippen MR) is 65.5 cm³/mol. The van der Waals surface area contributed by atoms with Gasteiger partial charge in [0.25, 0.3) is 0 Å². The molecule has 0 aliphatic carbocycles. The van der Waals surface area contributed by atoms with Gasteiger partial charge >= 0.3 is 0 Å². The van der Waals surface area contributed by atoms with E-state index in [2.05, 4.69) is 10.9 Å². The Morgan fingerprint density at radius 3 is 2.50 bits per heavy atom. The predicted octanol–water partition coefficient (Wildman–Crippen LogP) is 3.83. The van der Waals surface area contributed by atoms with Gasteiger partial charge in [-0.2, -0.15) is 0 Å². The van der Waals surface area contributed by atoms with Crippen LogP contribution in [-0.4, -0.2) is 7.11 Å². The summed E-state index contributed by atoms with van der Waals surface area (Å²) >= 11 is 0. The average Bonchev–Trinajstić information content (AvgIpc) is 2.36. The summed E-state index contributed by atoms with van der Waals surface area (Å²) in [4.78, 5) is 3.52. The Labute approximate surface area is 95.3 Å². The number of ether oxygens (including phenoxy) is 1. The Kier molecular flexibility index (Phi) is 2.78. The molecular formula is C14H13NO. The largest absolute Gasteiger partial charge is 0.497 e. The van der Waals surface area contributed by atoms with Crippen molar-refractivity contribution < 1.29 is 4.74 Å². The molecule has 1 unspecified atom stereocenters. The fourth-order valence-electron chi connectivity index (χ4n) is 1.70. The summed E-state index contributed by atoms with van der Waals surface area (Å²) in [6.45, 7) is 8.94. The van der Waals surface area contributed by atoms with Crippen molar-refractivity contribution in [3.8, 4) is 5.75 Å². The molecule has 0 aromatic heterocycles. The fourth-order valence-corrected chi connectivity index (χ4v) is 1.70. The molecule has 2 heteroatoms. The summed E-state index contributed by atoms with van der Waals surface area (Å²) in [5.41, 5.74) is 1.06. The zero-order valence-electron chi connectivity index (χ0n) is 9.40. The van der Waals surface area contributed by atoms with Gasteiger partial charge in [0.05, 0.1) is 7.11 Å². The molecule has 1 atom stereocenters. The van der Waals surface area contributed by atoms with Crippen LogP contribution in [0.2, 0.25) is 0 Å². The van der Waals surface area contributed by atoms with Crippen LogP contribution in [0, 0.1) is 6.57 Å². The van der Waals surface area contributed by atoms with Crippen LogP contribution in [0.25, 0.3) is 15.6 Å². The first-order valence-corrected chi connectivity index (χ1v) is 5.19. The van der Waals surface area contributed by atoms with Crippen molar-refractivity contribution in [2.75, 3.05) is 7.11 Å². The molecule has 0 saturated carbocycles. The second-order valence-corrected chi connectivity index (χ2v) is 3.78. The van der Waals surface area contributed by atoms with Gasteiger partial charge in [-0.05, 0) is 29.0 Å². The van der Waals surface area contributed by atoms with Crippen molar-refractivity contribution in [1.29, 1.82) is 0 Å². The first-order chi connectivity index (χ1) is 7.74. The second kappa shape index (κ2) is 4.24. The molecule has 0 amide bonds. The molecule has 80 valence electrons. The molecule has 2 aromatic rings. The summed E-state index contributed by atoms with van der Waals surface area (Å²) < 4.78 is 5.17. The van der Waals surface area contributed by atoms with Crippen LogP contribution in [-0.2, 0) is 0 Å². The van der Waals surface area contributed by atoms with Gasteiger partial charge in [-0.1, -0.05) is 18.2 Å². The summed E-state index contributed by atoms with van der Waals surface area (Å²) in [7, 11) is 1.66. The third-order valence-electron chi connectivity index (χ3n) is 2.75. The summed E-state index contributed by atoms with van der Waals surface area (Å²) in [5, 5.41) is 2.29. The summed E-state index contributed by atoms with van der Waals surface area (Å²) in [6, 6.07) is 12.0. The highest BCUT2D eigenvalue weighted by atomic mass is 16.5. The van der Waals surface area contributed by atoms with Crippen LogP contribution >= 0.6 is 0 Å². The van der Waals surface area contributed by atoms with Gasteiger partial charge in [0.2, 0.25) is 6.04 Å². The van der Waals surface area contributed by atoms with Crippen molar-refractivity contribution in [2.24, 2.45) is 0 Å². The monoisotopic (exact) mass is 211 g/mol. The minimum absolute atomic E-state index is 0.0773. The van der Waals surface area contributed by atoms with Crippen molar-refractivity contribution >= 4 is 10.8 Å². The molecule has 2 aromatic carbocycles. The lowest BCUT2D eigenvalue weighted by atomic mass is 10.0. The fraction of sp³-hybridized carbons (Fsp3) is 0.214. The molecule has 0 fully saturated rings. The van der Waals surface area contributed by atoms with Crippen LogP contribution < -0.4 is 4.74 Å². The van der Waals surface area contributed by atoms with E-state index in [1.54, 1.807) is 7.11 Å². The highest BCUT2D eigenvalue weighted by Crippen LogP contribution is 2.25. The Balaban J connectivity index is 2.52. The quantitative estimate of drug-likeness (QED) is 0.688. The van der Waals surface area contributed by atoms with Crippen LogP contribution in [0.5, 0.6) is 5.75 Å². The molecule has 0 N–H and O–H groups in total. The number of hydrogen-bond donors (Lipinski definition) is 0. The minimum atomic E-state index is -0.0773. The van der Waals surface area contributed by atoms with E-state index in [4.69, 9.17) is 11.3 Å². The Morgan fingerprint density at radius 1 is 1.12 bits per heavy atom. The van der Waals surface area contributed by atoms with Crippen molar-refractivity contribution in [3.63, 3.8) is 0 Å². The number of benzene rings is 2. The van der Waals surface area contributed by atoms with E-state index in [9.17, 15) is 0 Å². The zero-order chi connectivity index (χ0) is 11.5. The Hall–Kier alpha value is -2.01. The number of nitrogens with zero attached hydrogens (tertiary/aromatic N) is 1. The van der Waals surface area contributed by atoms with E-state index < -0.39 is 0 Å². The van der Waals surface area contributed by atoms with Gasteiger partial charge in [0, 0.05) is 12.5 Å². The molecular weight excluding hydrogens is 198 g/mol. The number of hydrogen-bond acceptors (Lipinski definition) is 1. The number of rotatable bonds is 2. The van der Waals surface area contributed by atoms with Crippen LogP contribution in [0.15, 0.2) is 36.4 Å². The zero-order valence-corrected chi connectivity index (χ0v) is 9.40. The van der Waals surface area contributed by atoms with Gasteiger partial charge in [-0.15, -0.1) is 0 Å². The van der Waals surface area contributed by atoms with Crippen LogP contribution in [0.1, 0.15) is 18.5 Å². The SMILES string of the molecule is [C-]#[N+]C(C)c1ccc2cc(OC)ccc2c1. The van der Waals surface area contributed by atoms with Gasteiger partial charge < -0.3 is 9.58 Å². The topological polar surface area (TPSA) is 13.6 Å². The highest BCUT2D eigenvalue weighted by Gasteiger charge is 2.08. The van der Waals surface area contributed by atoms with E-state index in [0.717, 1.165) is 22.1 Å². The maximum atomic E-state index is 7.02. The van der Waals surface area contributed by atoms with Crippen molar-refractivity contribution in [2.45, 2.75) is 13.0 Å². The van der Waals surface area contributed by atoms with Crippen LogP contribution in [0.3, 0.4) is 0 Å². The first kappa shape index (κ1) is 10.5. The maximum Gasteiger partial charge on any atom is 0.246 e. The van der Waals surface area contributed by atoms with Crippen molar-refractivity contribution in [3.05, 3.63) is 53.4 Å². The molecule has 0 aliphatic rings. The molecule has 0 heterocycles. The van der Waals surface area contributed by atoms with Gasteiger partial charge in [-0.3, -0.25) is 0 Å². The molecule has 0 saturated heterocycles. The Morgan fingerprint density at radius 2 is 1.81 bits per heavy atom. The molecule has 0 radical (unpaired) electrons. The molecule has 16 heavy (non-hydrogen) atoms. The standard InChI is InChI=1S/C14H13NO/c1-10(15-2)11-4-5-13-9-14(16-3)7-6-12(13)8-11/h4-10H,1,3H3. The maximum absolute atomic E-state index is 7.02. The lowest BCUT2D eigenvalue weighted by molar-refractivity contribution is 0.415. The number of fused-ring (bicyclic) bond motifs is 1. The van der Waals surface area contributed by atoms with E-state index in [-0.39, 0.29) is 6.04 Å². The molecule has 0 bridgehead atoms. The average molecular weight is 211 g/mol. The molecule has 0 spiro atoms. The van der Waals surface area contributed by atoms with Gasteiger partial charge in [-0.25, -0.2) is 6.57 Å².